The molecule has 3 heteroatoms. The molecule has 108 valence electrons. The molecule has 0 unspecified atom stereocenters. The van der Waals surface area contributed by atoms with Gasteiger partial charge in [0.2, 0.25) is 0 Å². The molecule has 21 heavy (non-hydrogen) atoms. The quantitative estimate of drug-likeness (QED) is 0.693. The lowest BCUT2D eigenvalue weighted by molar-refractivity contribution is 0.493. The molecule has 1 N–H and O–H groups in total. The zero-order valence-corrected chi connectivity index (χ0v) is 12.3. The lowest BCUT2D eigenvalue weighted by Gasteiger charge is -2.03. The molecule has 2 aromatic carbocycles. The lowest BCUT2D eigenvalue weighted by atomic mass is 10.0. The van der Waals surface area contributed by atoms with E-state index in [1.807, 2.05) is 6.20 Å². The van der Waals surface area contributed by atoms with Crippen molar-refractivity contribution in [3.63, 3.8) is 0 Å². The van der Waals surface area contributed by atoms with Crippen molar-refractivity contribution in [3.05, 3.63) is 54.6 Å². The summed E-state index contributed by atoms with van der Waals surface area (Å²) in [6, 6.07) is 14.6. The first-order valence-electron chi connectivity index (χ1n) is 7.52. The molecule has 0 aliphatic carbocycles. The highest BCUT2D eigenvalue weighted by Crippen LogP contribution is 2.29. The summed E-state index contributed by atoms with van der Waals surface area (Å²) in [6.07, 6.45) is 3.76. The fraction of sp³-hybridized carbons (Fsp3) is 0.278. The van der Waals surface area contributed by atoms with E-state index in [0.29, 0.717) is 0 Å². The van der Waals surface area contributed by atoms with Crippen LogP contribution < -0.4 is 5.32 Å². The fourth-order valence-corrected chi connectivity index (χ4v) is 2.53. The third-order valence-corrected chi connectivity index (χ3v) is 3.60. The number of nitrogens with zero attached hydrogens (tertiary/aromatic N) is 1. The second-order valence-electron chi connectivity index (χ2n) is 5.10. The van der Waals surface area contributed by atoms with Crippen molar-refractivity contribution < 1.29 is 4.42 Å². The highest BCUT2D eigenvalue weighted by molar-refractivity contribution is 5.95. The van der Waals surface area contributed by atoms with E-state index in [9.17, 15) is 0 Å². The Labute approximate surface area is 125 Å². The van der Waals surface area contributed by atoms with E-state index in [1.54, 1.807) is 0 Å². The fourth-order valence-electron chi connectivity index (χ4n) is 2.53. The zero-order chi connectivity index (χ0) is 14.5. The minimum Gasteiger partial charge on any atom is -0.441 e. The SMILES string of the molecule is CCNCCCc1ncc(-c2cccc3ccccc23)o1. The Hall–Kier alpha value is -2.13. The van der Waals surface area contributed by atoms with Crippen molar-refractivity contribution >= 4 is 10.8 Å². The maximum absolute atomic E-state index is 5.92. The van der Waals surface area contributed by atoms with Gasteiger partial charge in [0.1, 0.15) is 0 Å². The monoisotopic (exact) mass is 280 g/mol. The standard InChI is InChI=1S/C18H20N2O/c1-2-19-12-6-11-18-20-13-17(21-18)16-10-5-8-14-7-3-4-9-15(14)16/h3-5,7-10,13,19H,2,6,11-12H2,1H3. The molecule has 0 aliphatic heterocycles. The summed E-state index contributed by atoms with van der Waals surface area (Å²) in [5, 5.41) is 5.74. The van der Waals surface area contributed by atoms with E-state index in [0.717, 1.165) is 43.1 Å². The number of nitrogens with one attached hydrogen (secondary N) is 1. The molecule has 0 amide bonds. The van der Waals surface area contributed by atoms with E-state index in [1.165, 1.54) is 10.8 Å². The number of oxazole rings is 1. The molecule has 0 saturated heterocycles. The molecule has 3 nitrogen and oxygen atoms in total. The van der Waals surface area contributed by atoms with Crippen LogP contribution in [-0.4, -0.2) is 18.1 Å². The minimum atomic E-state index is 0.816. The van der Waals surface area contributed by atoms with Crippen molar-refractivity contribution in [1.29, 1.82) is 0 Å². The molecule has 0 saturated carbocycles. The third kappa shape index (κ3) is 3.14. The highest BCUT2D eigenvalue weighted by atomic mass is 16.4. The van der Waals surface area contributed by atoms with Crippen LogP contribution in [0.5, 0.6) is 0 Å². The van der Waals surface area contributed by atoms with Gasteiger partial charge >= 0.3 is 0 Å². The average molecular weight is 280 g/mol. The first kappa shape index (κ1) is 13.8. The lowest BCUT2D eigenvalue weighted by Crippen LogP contribution is -2.14. The maximum Gasteiger partial charge on any atom is 0.194 e. The van der Waals surface area contributed by atoms with Crippen LogP contribution in [0.15, 0.2) is 53.1 Å². The predicted molar refractivity (Wildman–Crippen MR) is 86.3 cm³/mol. The molecule has 0 spiro atoms. The van der Waals surface area contributed by atoms with Crippen LogP contribution in [0, 0.1) is 0 Å². The number of aromatic nitrogens is 1. The summed E-state index contributed by atoms with van der Waals surface area (Å²) in [6.45, 7) is 4.12. The second-order valence-corrected chi connectivity index (χ2v) is 5.10. The van der Waals surface area contributed by atoms with Gasteiger partial charge in [0.25, 0.3) is 0 Å². The van der Waals surface area contributed by atoms with Crippen molar-refractivity contribution in [2.24, 2.45) is 0 Å². The van der Waals surface area contributed by atoms with Crippen LogP contribution in [0.25, 0.3) is 22.1 Å². The average Bonchev–Trinajstić information content (AvgIpc) is 3.00. The van der Waals surface area contributed by atoms with Gasteiger partial charge in [0.15, 0.2) is 11.7 Å². The van der Waals surface area contributed by atoms with Crippen LogP contribution in [0.3, 0.4) is 0 Å². The van der Waals surface area contributed by atoms with Crippen LogP contribution in [0.2, 0.25) is 0 Å². The molecule has 3 aromatic rings. The number of hydrogen-bond acceptors (Lipinski definition) is 3. The second kappa shape index (κ2) is 6.55. The summed E-state index contributed by atoms with van der Waals surface area (Å²) in [5.41, 5.74) is 1.11. The van der Waals surface area contributed by atoms with Gasteiger partial charge in [-0.15, -0.1) is 0 Å². The minimum absolute atomic E-state index is 0.816. The van der Waals surface area contributed by atoms with Gasteiger partial charge in [-0.1, -0.05) is 49.4 Å². The van der Waals surface area contributed by atoms with Gasteiger partial charge in [0, 0.05) is 12.0 Å². The first-order valence-corrected chi connectivity index (χ1v) is 7.52. The van der Waals surface area contributed by atoms with Gasteiger partial charge in [-0.2, -0.15) is 0 Å². The third-order valence-electron chi connectivity index (χ3n) is 3.60. The Morgan fingerprint density at radius 1 is 1.10 bits per heavy atom. The molecule has 1 heterocycles. The number of rotatable bonds is 6. The zero-order valence-electron chi connectivity index (χ0n) is 12.3. The normalized spacial score (nSPS) is 11.1. The van der Waals surface area contributed by atoms with Crippen molar-refractivity contribution in [2.75, 3.05) is 13.1 Å². The highest BCUT2D eigenvalue weighted by Gasteiger charge is 2.09. The predicted octanol–water partition coefficient (Wildman–Crippen LogP) is 4.04. The smallest absolute Gasteiger partial charge is 0.194 e. The number of benzene rings is 2. The summed E-state index contributed by atoms with van der Waals surface area (Å²) >= 11 is 0. The van der Waals surface area contributed by atoms with Crippen molar-refractivity contribution in [1.82, 2.24) is 10.3 Å². The van der Waals surface area contributed by atoms with Crippen LogP contribution in [0.4, 0.5) is 0 Å². The summed E-state index contributed by atoms with van der Waals surface area (Å²) in [5.74, 6) is 1.67. The largest absolute Gasteiger partial charge is 0.441 e. The van der Waals surface area contributed by atoms with E-state index >= 15 is 0 Å². The van der Waals surface area contributed by atoms with E-state index < -0.39 is 0 Å². The molecular weight excluding hydrogens is 260 g/mol. The van der Waals surface area contributed by atoms with Gasteiger partial charge in [-0.25, -0.2) is 4.98 Å². The van der Waals surface area contributed by atoms with E-state index in [-0.39, 0.29) is 0 Å². The van der Waals surface area contributed by atoms with Crippen molar-refractivity contribution in [3.8, 4) is 11.3 Å². The van der Waals surface area contributed by atoms with E-state index in [4.69, 9.17) is 4.42 Å². The summed E-state index contributed by atoms with van der Waals surface area (Å²) in [7, 11) is 0. The Morgan fingerprint density at radius 2 is 1.95 bits per heavy atom. The molecule has 0 radical (unpaired) electrons. The first-order chi connectivity index (χ1) is 10.4. The Morgan fingerprint density at radius 3 is 2.86 bits per heavy atom. The van der Waals surface area contributed by atoms with Gasteiger partial charge in [-0.05, 0) is 30.3 Å². The van der Waals surface area contributed by atoms with Gasteiger partial charge in [-0.3, -0.25) is 0 Å². The molecule has 0 fully saturated rings. The van der Waals surface area contributed by atoms with E-state index in [2.05, 4.69) is 59.7 Å². The molecule has 1 aromatic heterocycles. The number of aryl methyl sites for hydroxylation is 1. The van der Waals surface area contributed by atoms with Gasteiger partial charge < -0.3 is 9.73 Å². The molecule has 0 atom stereocenters. The number of fused-ring (bicyclic) bond motifs is 1. The molecular formula is C18H20N2O. The Bertz CT molecular complexity index is 713. The maximum atomic E-state index is 5.92. The Kier molecular flexibility index (Phi) is 4.31. The summed E-state index contributed by atoms with van der Waals surface area (Å²) in [4.78, 5) is 4.40. The summed E-state index contributed by atoms with van der Waals surface area (Å²) < 4.78 is 5.92. The van der Waals surface area contributed by atoms with Crippen LogP contribution >= 0.6 is 0 Å². The molecule has 0 bridgehead atoms. The van der Waals surface area contributed by atoms with Crippen LogP contribution in [0.1, 0.15) is 19.2 Å². The van der Waals surface area contributed by atoms with Crippen LogP contribution in [-0.2, 0) is 6.42 Å². The van der Waals surface area contributed by atoms with Gasteiger partial charge in [0.05, 0.1) is 6.20 Å². The molecule has 3 rings (SSSR count). The Balaban J connectivity index is 1.81. The van der Waals surface area contributed by atoms with Crippen molar-refractivity contribution in [2.45, 2.75) is 19.8 Å². The molecule has 0 aliphatic rings. The topological polar surface area (TPSA) is 38.1 Å². The number of hydrogen-bond donors (Lipinski definition) is 1.